The first kappa shape index (κ1) is 22.8. The first-order chi connectivity index (χ1) is 16.0. The van der Waals surface area contributed by atoms with Crippen molar-refractivity contribution in [3.8, 4) is 11.5 Å². The molecule has 3 aromatic carbocycles. The van der Waals surface area contributed by atoms with Crippen molar-refractivity contribution >= 4 is 57.3 Å². The molecular weight excluding hydrogens is 456 g/mol. The predicted octanol–water partition coefficient (Wildman–Crippen LogP) is 6.12. The van der Waals surface area contributed by atoms with Crippen molar-refractivity contribution in [1.29, 1.82) is 0 Å². The van der Waals surface area contributed by atoms with Gasteiger partial charge in [-0.3, -0.25) is 10.1 Å². The third-order valence-corrected chi connectivity index (χ3v) is 5.64. The summed E-state index contributed by atoms with van der Waals surface area (Å²) in [6.07, 6.45) is 0. The van der Waals surface area contributed by atoms with Crippen LogP contribution < -0.4 is 15.5 Å². The fourth-order valence-electron chi connectivity index (χ4n) is 3.50. The lowest BCUT2D eigenvalue weighted by molar-refractivity contribution is 0.0977. The van der Waals surface area contributed by atoms with Gasteiger partial charge in [-0.05, 0) is 86.7 Å². The molecule has 0 aliphatic rings. The molecular formula is C25H23ClN4O2S. The number of carbonyl (C=O) groups is 1. The Morgan fingerprint density at radius 3 is 2.52 bits per heavy atom. The van der Waals surface area contributed by atoms with Gasteiger partial charge in [0.05, 0.1) is 0 Å². The number of oxazole rings is 1. The predicted molar refractivity (Wildman–Crippen MR) is 138 cm³/mol. The summed E-state index contributed by atoms with van der Waals surface area (Å²) >= 11 is 11.2. The Morgan fingerprint density at radius 2 is 1.82 bits per heavy atom. The lowest BCUT2D eigenvalue weighted by atomic mass is 10.2. The molecule has 0 atom stereocenters. The van der Waals surface area contributed by atoms with Crippen molar-refractivity contribution in [2.75, 3.05) is 23.3 Å². The fourth-order valence-corrected chi connectivity index (χ4v) is 3.90. The summed E-state index contributed by atoms with van der Waals surface area (Å²) in [6.45, 7) is 6.18. The van der Waals surface area contributed by atoms with Gasteiger partial charge in [0.15, 0.2) is 10.7 Å². The summed E-state index contributed by atoms with van der Waals surface area (Å²) in [6, 6.07) is 20.3. The maximum Gasteiger partial charge on any atom is 0.257 e. The van der Waals surface area contributed by atoms with Crippen molar-refractivity contribution in [2.45, 2.75) is 13.8 Å². The van der Waals surface area contributed by atoms with Crippen molar-refractivity contribution in [3.05, 3.63) is 77.3 Å². The minimum atomic E-state index is -0.340. The summed E-state index contributed by atoms with van der Waals surface area (Å²) in [4.78, 5) is 19.2. The zero-order valence-corrected chi connectivity index (χ0v) is 19.8. The van der Waals surface area contributed by atoms with Crippen LogP contribution in [-0.2, 0) is 0 Å². The van der Waals surface area contributed by atoms with Crippen LogP contribution in [0.2, 0.25) is 5.02 Å². The lowest BCUT2D eigenvalue weighted by Crippen LogP contribution is -2.34. The zero-order chi connectivity index (χ0) is 23.4. The van der Waals surface area contributed by atoms with E-state index in [2.05, 4.69) is 46.5 Å². The van der Waals surface area contributed by atoms with Gasteiger partial charge in [0, 0.05) is 40.6 Å². The standard InChI is InChI=1S/C25H23ClN4O2S/c1-3-30(4-2)20-11-8-16(9-12-20)24-28-21-15-19(10-13-22(21)32-24)27-25(33)29-23(31)17-6-5-7-18(26)14-17/h5-15H,3-4H2,1-2H3,(H2,27,29,31,33). The van der Waals surface area contributed by atoms with Crippen LogP contribution in [0.4, 0.5) is 11.4 Å². The van der Waals surface area contributed by atoms with Gasteiger partial charge in [0.2, 0.25) is 5.89 Å². The Labute approximate surface area is 202 Å². The molecule has 0 saturated heterocycles. The van der Waals surface area contributed by atoms with E-state index in [-0.39, 0.29) is 11.0 Å². The van der Waals surface area contributed by atoms with Gasteiger partial charge < -0.3 is 14.6 Å². The summed E-state index contributed by atoms with van der Waals surface area (Å²) in [7, 11) is 0. The first-order valence-corrected chi connectivity index (χ1v) is 11.4. The molecule has 0 bridgehead atoms. The molecule has 0 saturated carbocycles. The van der Waals surface area contributed by atoms with E-state index in [1.54, 1.807) is 24.3 Å². The number of nitrogens with zero attached hydrogens (tertiary/aromatic N) is 2. The number of fused-ring (bicyclic) bond motifs is 1. The Hall–Kier alpha value is -3.42. The van der Waals surface area contributed by atoms with Gasteiger partial charge in [-0.25, -0.2) is 4.98 Å². The van der Waals surface area contributed by atoms with Crippen molar-refractivity contribution in [3.63, 3.8) is 0 Å². The lowest BCUT2D eigenvalue weighted by Gasteiger charge is -2.20. The molecule has 0 fully saturated rings. The van der Waals surface area contributed by atoms with E-state index in [4.69, 9.17) is 28.2 Å². The average molecular weight is 479 g/mol. The number of amides is 1. The Bertz CT molecular complexity index is 1300. The molecule has 4 aromatic rings. The van der Waals surface area contributed by atoms with Gasteiger partial charge in [0.25, 0.3) is 5.91 Å². The Balaban J connectivity index is 1.46. The molecule has 0 aliphatic carbocycles. The highest BCUT2D eigenvalue weighted by atomic mass is 35.5. The minimum absolute atomic E-state index is 0.176. The normalized spacial score (nSPS) is 10.8. The summed E-state index contributed by atoms with van der Waals surface area (Å²) in [5.41, 5.74) is 4.54. The molecule has 6 nitrogen and oxygen atoms in total. The maximum atomic E-state index is 12.3. The number of benzene rings is 3. The van der Waals surface area contributed by atoms with Crippen LogP contribution in [0.1, 0.15) is 24.2 Å². The third kappa shape index (κ3) is 5.32. The topological polar surface area (TPSA) is 70.4 Å². The number of halogens is 1. The molecule has 1 amide bonds. The van der Waals surface area contributed by atoms with E-state index in [1.165, 1.54) is 5.69 Å². The van der Waals surface area contributed by atoms with Crippen LogP contribution in [0, 0.1) is 0 Å². The number of anilines is 2. The number of thiocarbonyl (C=S) groups is 1. The van der Waals surface area contributed by atoms with E-state index >= 15 is 0 Å². The summed E-state index contributed by atoms with van der Waals surface area (Å²) < 4.78 is 5.93. The second-order valence-electron chi connectivity index (χ2n) is 7.34. The molecule has 33 heavy (non-hydrogen) atoms. The van der Waals surface area contributed by atoms with Crippen LogP contribution in [0.3, 0.4) is 0 Å². The van der Waals surface area contributed by atoms with Crippen molar-refractivity contribution < 1.29 is 9.21 Å². The largest absolute Gasteiger partial charge is 0.436 e. The highest BCUT2D eigenvalue weighted by Crippen LogP contribution is 2.28. The van der Waals surface area contributed by atoms with Crippen molar-refractivity contribution in [1.82, 2.24) is 10.3 Å². The quantitative estimate of drug-likeness (QED) is 0.325. The highest BCUT2D eigenvalue weighted by Gasteiger charge is 2.12. The van der Waals surface area contributed by atoms with E-state index in [0.717, 1.165) is 18.7 Å². The molecule has 1 heterocycles. The number of carbonyl (C=O) groups excluding carboxylic acids is 1. The molecule has 2 N–H and O–H groups in total. The molecule has 0 radical (unpaired) electrons. The van der Waals surface area contributed by atoms with Gasteiger partial charge in [-0.15, -0.1) is 0 Å². The molecule has 8 heteroatoms. The number of rotatable bonds is 6. The summed E-state index contributed by atoms with van der Waals surface area (Å²) in [5.74, 6) is 0.207. The second kappa shape index (κ2) is 10.0. The maximum absolute atomic E-state index is 12.3. The van der Waals surface area contributed by atoms with Crippen molar-refractivity contribution in [2.24, 2.45) is 0 Å². The van der Waals surface area contributed by atoms with Crippen LogP contribution in [0.25, 0.3) is 22.6 Å². The number of aromatic nitrogens is 1. The Morgan fingerprint density at radius 1 is 1.06 bits per heavy atom. The van der Waals surface area contributed by atoms with Gasteiger partial charge in [0.1, 0.15) is 5.52 Å². The smallest absolute Gasteiger partial charge is 0.257 e. The third-order valence-electron chi connectivity index (χ3n) is 5.20. The van der Waals surface area contributed by atoms with Crippen LogP contribution in [0.15, 0.2) is 71.1 Å². The van der Waals surface area contributed by atoms with Gasteiger partial charge >= 0.3 is 0 Å². The minimum Gasteiger partial charge on any atom is -0.436 e. The Kier molecular flexibility index (Phi) is 6.91. The molecule has 0 aliphatic heterocycles. The molecule has 168 valence electrons. The number of nitrogens with one attached hydrogen (secondary N) is 2. The fraction of sp³-hybridized carbons (Fsp3) is 0.160. The van der Waals surface area contributed by atoms with Gasteiger partial charge in [-0.1, -0.05) is 17.7 Å². The average Bonchev–Trinajstić information content (AvgIpc) is 3.23. The summed E-state index contributed by atoms with van der Waals surface area (Å²) in [5, 5.41) is 6.32. The first-order valence-electron chi connectivity index (χ1n) is 10.6. The van der Waals surface area contributed by atoms with E-state index in [0.29, 0.717) is 33.3 Å². The van der Waals surface area contributed by atoms with Crippen LogP contribution >= 0.6 is 23.8 Å². The highest BCUT2D eigenvalue weighted by molar-refractivity contribution is 7.80. The van der Waals surface area contributed by atoms with E-state index in [9.17, 15) is 4.79 Å². The van der Waals surface area contributed by atoms with Gasteiger partial charge in [-0.2, -0.15) is 0 Å². The monoisotopic (exact) mass is 478 g/mol. The van der Waals surface area contributed by atoms with Crippen LogP contribution in [0.5, 0.6) is 0 Å². The van der Waals surface area contributed by atoms with Crippen LogP contribution in [-0.4, -0.2) is 29.1 Å². The number of hydrogen-bond acceptors (Lipinski definition) is 5. The second-order valence-corrected chi connectivity index (χ2v) is 8.18. The number of hydrogen-bond donors (Lipinski definition) is 2. The molecule has 0 spiro atoms. The molecule has 1 aromatic heterocycles. The zero-order valence-electron chi connectivity index (χ0n) is 18.3. The van der Waals surface area contributed by atoms with E-state index < -0.39 is 0 Å². The molecule has 4 rings (SSSR count). The van der Waals surface area contributed by atoms with E-state index in [1.807, 2.05) is 30.3 Å². The molecule has 0 unspecified atom stereocenters. The SMILES string of the molecule is CCN(CC)c1ccc(-c2nc3cc(NC(=S)NC(=O)c4cccc(Cl)c4)ccc3o2)cc1.